The molecule has 1 saturated heterocycles. The summed E-state index contributed by atoms with van der Waals surface area (Å²) in [7, 11) is -0.637. The highest BCUT2D eigenvalue weighted by Crippen LogP contribution is 2.46. The topological polar surface area (TPSA) is 59.0 Å². The molecule has 0 aliphatic carbocycles. The molecular formula is C20H30BNO4. The fourth-order valence-electron chi connectivity index (χ4n) is 3.93. The van der Waals surface area contributed by atoms with E-state index in [1.165, 1.54) is 5.56 Å². The number of rotatable bonds is 1. The number of amides is 1. The zero-order valence-corrected chi connectivity index (χ0v) is 16.9. The van der Waals surface area contributed by atoms with Crippen molar-refractivity contribution in [2.24, 2.45) is 5.41 Å². The Balaban J connectivity index is 2.12. The molecule has 6 heteroatoms. The van der Waals surface area contributed by atoms with Crippen molar-refractivity contribution in [2.45, 2.75) is 78.1 Å². The lowest BCUT2D eigenvalue weighted by Gasteiger charge is -2.47. The third-order valence-electron chi connectivity index (χ3n) is 6.17. The molecule has 0 bridgehead atoms. The molecule has 2 aliphatic rings. The summed E-state index contributed by atoms with van der Waals surface area (Å²) in [6.45, 7) is 14.2. The predicted molar refractivity (Wildman–Crippen MR) is 102 cm³/mol. The van der Waals surface area contributed by atoms with Crippen molar-refractivity contribution in [3.8, 4) is 0 Å². The van der Waals surface area contributed by atoms with Crippen molar-refractivity contribution < 1.29 is 19.2 Å². The molecule has 0 spiro atoms. The number of benzene rings is 1. The Bertz CT molecular complexity index is 694. The van der Waals surface area contributed by atoms with Crippen molar-refractivity contribution in [3.63, 3.8) is 0 Å². The normalized spacial score (nSPS) is 27.3. The Labute approximate surface area is 156 Å². The van der Waals surface area contributed by atoms with Gasteiger partial charge in [0, 0.05) is 6.04 Å². The molecule has 2 aliphatic heterocycles. The highest BCUT2D eigenvalue weighted by atomic mass is 16.7. The zero-order chi connectivity index (χ0) is 19.5. The molecule has 2 heterocycles. The van der Waals surface area contributed by atoms with Crippen molar-refractivity contribution >= 4 is 13.2 Å². The molecule has 0 aromatic heterocycles. The molecule has 2 unspecified atom stereocenters. The van der Waals surface area contributed by atoms with Crippen molar-refractivity contribution in [1.29, 1.82) is 0 Å². The molecule has 26 heavy (non-hydrogen) atoms. The molecule has 3 rings (SSSR count). The first-order valence-corrected chi connectivity index (χ1v) is 9.30. The van der Waals surface area contributed by atoms with E-state index in [4.69, 9.17) is 9.31 Å². The third-order valence-corrected chi connectivity index (χ3v) is 6.17. The Morgan fingerprint density at radius 3 is 2.19 bits per heavy atom. The van der Waals surface area contributed by atoms with Crippen LogP contribution in [-0.2, 0) is 15.7 Å². The smallest absolute Gasteiger partial charge is 0.465 e. The van der Waals surface area contributed by atoms with Gasteiger partial charge in [-0.15, -0.1) is 0 Å². The van der Waals surface area contributed by atoms with E-state index in [0.29, 0.717) is 6.42 Å². The minimum atomic E-state index is -0.931. The first kappa shape index (κ1) is 19.2. The first-order chi connectivity index (χ1) is 11.8. The van der Waals surface area contributed by atoms with Crippen LogP contribution in [0.2, 0.25) is 0 Å². The van der Waals surface area contributed by atoms with Crippen LogP contribution in [0.15, 0.2) is 24.3 Å². The summed E-state index contributed by atoms with van der Waals surface area (Å²) in [4.78, 5) is 13.9. The average molecular weight is 359 g/mol. The Morgan fingerprint density at radius 1 is 1.15 bits per heavy atom. The monoisotopic (exact) mass is 359 g/mol. The van der Waals surface area contributed by atoms with Crippen LogP contribution in [0.25, 0.3) is 0 Å². The van der Waals surface area contributed by atoms with Gasteiger partial charge in [-0.3, -0.25) is 4.90 Å². The lowest BCUT2D eigenvalue weighted by Crippen LogP contribution is -2.56. The highest BCUT2D eigenvalue weighted by Gasteiger charge is 2.58. The van der Waals surface area contributed by atoms with Crippen LogP contribution in [0.1, 0.15) is 65.5 Å². The third kappa shape index (κ3) is 3.03. The summed E-state index contributed by atoms with van der Waals surface area (Å²) in [5.74, 6) is -0.484. The molecule has 1 N–H and O–H groups in total. The van der Waals surface area contributed by atoms with Crippen LogP contribution in [0.3, 0.4) is 0 Å². The largest absolute Gasteiger partial charge is 0.487 e. The summed E-state index contributed by atoms with van der Waals surface area (Å²) < 4.78 is 12.5. The maximum absolute atomic E-state index is 12.3. The van der Waals surface area contributed by atoms with E-state index >= 15 is 0 Å². The van der Waals surface area contributed by atoms with Crippen LogP contribution in [-0.4, -0.2) is 40.5 Å². The van der Waals surface area contributed by atoms with Gasteiger partial charge in [0.25, 0.3) is 0 Å². The Hall–Kier alpha value is -1.53. The van der Waals surface area contributed by atoms with Crippen LogP contribution in [0, 0.1) is 5.41 Å². The van der Waals surface area contributed by atoms with Crippen LogP contribution < -0.4 is 0 Å². The van der Waals surface area contributed by atoms with Gasteiger partial charge in [0.15, 0.2) is 0 Å². The maximum Gasteiger partial charge on any atom is 0.487 e. The van der Waals surface area contributed by atoms with Crippen LogP contribution >= 0.6 is 0 Å². The summed E-state index contributed by atoms with van der Waals surface area (Å²) >= 11 is 0. The van der Waals surface area contributed by atoms with Gasteiger partial charge in [-0.25, -0.2) is 4.79 Å². The highest BCUT2D eigenvalue weighted by molar-refractivity contribution is 6.47. The molecule has 1 fully saturated rings. The Kier molecular flexibility index (Phi) is 4.44. The number of fused-ring (bicyclic) bond motifs is 1. The molecule has 1 aromatic carbocycles. The molecule has 0 saturated carbocycles. The molecule has 142 valence electrons. The van der Waals surface area contributed by atoms with Crippen LogP contribution in [0.4, 0.5) is 4.79 Å². The number of hydrogen-bond donors (Lipinski definition) is 1. The molecule has 1 amide bonds. The van der Waals surface area contributed by atoms with Crippen molar-refractivity contribution in [3.05, 3.63) is 35.4 Å². The van der Waals surface area contributed by atoms with Crippen LogP contribution in [0.5, 0.6) is 0 Å². The molecule has 0 radical (unpaired) electrons. The predicted octanol–water partition coefficient (Wildman–Crippen LogP) is 4.31. The van der Waals surface area contributed by atoms with E-state index in [1.807, 2.05) is 45.9 Å². The van der Waals surface area contributed by atoms with E-state index in [0.717, 1.165) is 5.56 Å². The lowest BCUT2D eigenvalue weighted by atomic mass is 9.65. The van der Waals surface area contributed by atoms with Gasteiger partial charge in [0.1, 0.15) is 0 Å². The van der Waals surface area contributed by atoms with E-state index in [2.05, 4.69) is 26.8 Å². The maximum atomic E-state index is 12.3. The number of hydrogen-bond acceptors (Lipinski definition) is 3. The summed E-state index contributed by atoms with van der Waals surface area (Å²) in [6.07, 6.45) is -0.235. The summed E-state index contributed by atoms with van der Waals surface area (Å²) in [5, 5.41) is 10.1. The Morgan fingerprint density at radius 2 is 1.69 bits per heavy atom. The second kappa shape index (κ2) is 5.99. The van der Waals surface area contributed by atoms with Gasteiger partial charge < -0.3 is 14.4 Å². The van der Waals surface area contributed by atoms with E-state index in [9.17, 15) is 9.90 Å². The number of carbonyl (C=O) groups is 1. The first-order valence-electron chi connectivity index (χ1n) is 9.30. The minimum absolute atomic E-state index is 0.154. The SMILES string of the molecule is CC(C)(C)C1Cc2ccccc2C(B2OC(C)(C)C(C)(C)O2)N1C(=O)O. The second-order valence-corrected chi connectivity index (χ2v) is 9.54. The standard InChI is InChI=1S/C20H30BNO4/c1-18(2,3)15-12-13-10-8-9-11-14(13)16(22(15)17(23)24)21-25-19(4,5)20(6,7)26-21/h8-11,15-16H,12H2,1-7H3,(H,23,24). The van der Waals surface area contributed by atoms with Gasteiger partial charge in [0.2, 0.25) is 0 Å². The molecule has 1 aromatic rings. The van der Waals surface area contributed by atoms with E-state index in [1.54, 1.807) is 4.90 Å². The molecule has 2 atom stereocenters. The fourth-order valence-corrected chi connectivity index (χ4v) is 3.93. The molecular weight excluding hydrogens is 329 g/mol. The minimum Gasteiger partial charge on any atom is -0.465 e. The molecule has 5 nitrogen and oxygen atoms in total. The van der Waals surface area contributed by atoms with Gasteiger partial charge in [-0.2, -0.15) is 0 Å². The second-order valence-electron chi connectivity index (χ2n) is 9.54. The van der Waals surface area contributed by atoms with E-state index < -0.39 is 30.4 Å². The number of nitrogens with zero attached hydrogens (tertiary/aromatic N) is 1. The van der Waals surface area contributed by atoms with Gasteiger partial charge in [0.05, 0.1) is 17.1 Å². The van der Waals surface area contributed by atoms with Gasteiger partial charge >= 0.3 is 13.2 Å². The van der Waals surface area contributed by atoms with Gasteiger partial charge in [-0.05, 0) is 50.7 Å². The van der Waals surface area contributed by atoms with E-state index in [-0.39, 0.29) is 11.5 Å². The average Bonchev–Trinajstić information content (AvgIpc) is 2.72. The quantitative estimate of drug-likeness (QED) is 0.759. The zero-order valence-electron chi connectivity index (χ0n) is 16.9. The summed E-state index contributed by atoms with van der Waals surface area (Å²) in [6, 6.07) is 7.90. The van der Waals surface area contributed by atoms with Gasteiger partial charge in [-0.1, -0.05) is 45.0 Å². The lowest BCUT2D eigenvalue weighted by molar-refractivity contribution is 0.00578. The summed E-state index contributed by atoms with van der Waals surface area (Å²) in [5.41, 5.74) is 0.934. The van der Waals surface area contributed by atoms with Crippen molar-refractivity contribution in [2.75, 3.05) is 0 Å². The number of carboxylic acid groups (broad SMARTS) is 1. The van der Waals surface area contributed by atoms with Crippen molar-refractivity contribution in [1.82, 2.24) is 4.90 Å². The fraction of sp³-hybridized carbons (Fsp3) is 0.650.